The molecule has 4 heteroatoms. The van der Waals surface area contributed by atoms with Crippen LogP contribution in [0.3, 0.4) is 0 Å². The SMILES string of the molecule is CC1CC1C(=O)N1CCOc2cc(F)ccc21. The molecule has 0 saturated heterocycles. The minimum atomic E-state index is -0.335. The number of rotatable bonds is 1. The summed E-state index contributed by atoms with van der Waals surface area (Å²) in [5, 5.41) is 0. The van der Waals surface area contributed by atoms with Gasteiger partial charge in [0.15, 0.2) is 0 Å². The third-order valence-corrected chi connectivity index (χ3v) is 3.48. The fourth-order valence-corrected chi connectivity index (χ4v) is 2.29. The lowest BCUT2D eigenvalue weighted by atomic mass is 10.2. The standard InChI is InChI=1S/C13H14FNO2/c1-8-6-10(8)13(16)15-4-5-17-12-7-9(14)2-3-11(12)15/h2-3,7-8,10H,4-6H2,1H3. The topological polar surface area (TPSA) is 29.5 Å². The first-order valence-corrected chi connectivity index (χ1v) is 5.90. The monoisotopic (exact) mass is 235 g/mol. The van der Waals surface area contributed by atoms with Crippen LogP contribution < -0.4 is 9.64 Å². The Morgan fingerprint density at radius 2 is 2.29 bits per heavy atom. The molecule has 1 amide bonds. The number of nitrogens with zero attached hydrogens (tertiary/aromatic N) is 1. The van der Waals surface area contributed by atoms with E-state index in [0.29, 0.717) is 30.5 Å². The number of amides is 1. The molecule has 1 fully saturated rings. The molecule has 2 aliphatic rings. The Hall–Kier alpha value is -1.58. The second kappa shape index (κ2) is 3.72. The van der Waals surface area contributed by atoms with Crippen LogP contribution in [0.4, 0.5) is 10.1 Å². The number of hydrogen-bond acceptors (Lipinski definition) is 2. The third-order valence-electron chi connectivity index (χ3n) is 3.48. The van der Waals surface area contributed by atoms with E-state index in [-0.39, 0.29) is 17.6 Å². The Morgan fingerprint density at radius 3 is 3.00 bits per heavy atom. The van der Waals surface area contributed by atoms with Crippen LogP contribution in [0.5, 0.6) is 5.75 Å². The maximum Gasteiger partial charge on any atom is 0.230 e. The summed E-state index contributed by atoms with van der Waals surface area (Å²) in [5.74, 6) is 0.907. The van der Waals surface area contributed by atoms with E-state index in [1.807, 2.05) is 0 Å². The van der Waals surface area contributed by atoms with Gasteiger partial charge in [-0.1, -0.05) is 6.92 Å². The number of halogens is 1. The Labute approximate surface area is 99.2 Å². The molecule has 0 radical (unpaired) electrons. The van der Waals surface area contributed by atoms with Crippen LogP contribution in [-0.2, 0) is 4.79 Å². The molecule has 0 bridgehead atoms. The molecule has 1 heterocycles. The predicted octanol–water partition coefficient (Wildman–Crippen LogP) is 2.21. The van der Waals surface area contributed by atoms with E-state index in [1.54, 1.807) is 11.0 Å². The van der Waals surface area contributed by atoms with Gasteiger partial charge in [0.05, 0.1) is 12.2 Å². The van der Waals surface area contributed by atoms with Gasteiger partial charge < -0.3 is 9.64 Å². The van der Waals surface area contributed by atoms with Crippen molar-refractivity contribution in [2.24, 2.45) is 11.8 Å². The minimum Gasteiger partial charge on any atom is -0.489 e. The summed E-state index contributed by atoms with van der Waals surface area (Å²) in [6.07, 6.45) is 0.965. The van der Waals surface area contributed by atoms with Crippen molar-refractivity contribution in [1.82, 2.24) is 0 Å². The molecule has 2 atom stereocenters. The lowest BCUT2D eigenvalue weighted by Crippen LogP contribution is -2.39. The van der Waals surface area contributed by atoms with Gasteiger partial charge in [0.2, 0.25) is 5.91 Å². The van der Waals surface area contributed by atoms with Gasteiger partial charge in [-0.05, 0) is 24.5 Å². The first-order valence-electron chi connectivity index (χ1n) is 5.90. The fourth-order valence-electron chi connectivity index (χ4n) is 2.29. The fraction of sp³-hybridized carbons (Fsp3) is 0.462. The minimum absolute atomic E-state index is 0.144. The molecule has 90 valence electrons. The number of anilines is 1. The summed E-state index contributed by atoms with van der Waals surface area (Å²) in [6.45, 7) is 3.07. The number of ether oxygens (including phenoxy) is 1. The van der Waals surface area contributed by atoms with E-state index >= 15 is 0 Å². The number of carbonyl (C=O) groups excluding carboxylic acids is 1. The number of carbonyl (C=O) groups is 1. The maximum absolute atomic E-state index is 13.1. The summed E-state index contributed by atoms with van der Waals surface area (Å²) >= 11 is 0. The van der Waals surface area contributed by atoms with Crippen LogP contribution in [0.1, 0.15) is 13.3 Å². The highest BCUT2D eigenvalue weighted by Crippen LogP contribution is 2.42. The molecule has 3 rings (SSSR count). The highest BCUT2D eigenvalue weighted by Gasteiger charge is 2.42. The van der Waals surface area contributed by atoms with Crippen molar-refractivity contribution in [2.45, 2.75) is 13.3 Å². The lowest BCUT2D eigenvalue weighted by molar-refractivity contribution is -0.120. The van der Waals surface area contributed by atoms with E-state index in [1.165, 1.54) is 12.1 Å². The summed E-state index contributed by atoms with van der Waals surface area (Å²) in [5.41, 5.74) is 0.696. The molecule has 3 nitrogen and oxygen atoms in total. The molecule has 17 heavy (non-hydrogen) atoms. The van der Waals surface area contributed by atoms with Gasteiger partial charge in [0.25, 0.3) is 0 Å². The Bertz CT molecular complexity index is 474. The molecular formula is C13H14FNO2. The quantitative estimate of drug-likeness (QED) is 0.747. The maximum atomic E-state index is 13.1. The Balaban J connectivity index is 1.91. The van der Waals surface area contributed by atoms with Crippen molar-refractivity contribution in [3.05, 3.63) is 24.0 Å². The molecule has 1 aromatic rings. The van der Waals surface area contributed by atoms with E-state index in [2.05, 4.69) is 6.92 Å². The normalized spacial score (nSPS) is 26.1. The van der Waals surface area contributed by atoms with Gasteiger partial charge in [-0.2, -0.15) is 0 Å². The average Bonchev–Trinajstić information content (AvgIpc) is 3.04. The molecule has 1 aliphatic carbocycles. The van der Waals surface area contributed by atoms with Gasteiger partial charge >= 0.3 is 0 Å². The van der Waals surface area contributed by atoms with Crippen LogP contribution in [0.25, 0.3) is 0 Å². The zero-order valence-corrected chi connectivity index (χ0v) is 9.65. The van der Waals surface area contributed by atoms with Gasteiger partial charge in [-0.3, -0.25) is 4.79 Å². The average molecular weight is 235 g/mol. The molecule has 2 unspecified atom stereocenters. The van der Waals surface area contributed by atoms with E-state index in [9.17, 15) is 9.18 Å². The summed E-state index contributed by atoms with van der Waals surface area (Å²) in [7, 11) is 0. The second-order valence-corrected chi connectivity index (χ2v) is 4.77. The van der Waals surface area contributed by atoms with Crippen LogP contribution in [-0.4, -0.2) is 19.1 Å². The van der Waals surface area contributed by atoms with Gasteiger partial charge in [-0.15, -0.1) is 0 Å². The number of hydrogen-bond donors (Lipinski definition) is 0. The Kier molecular flexibility index (Phi) is 2.31. The van der Waals surface area contributed by atoms with Crippen LogP contribution >= 0.6 is 0 Å². The van der Waals surface area contributed by atoms with Gasteiger partial charge in [0, 0.05) is 12.0 Å². The third kappa shape index (κ3) is 1.77. The van der Waals surface area contributed by atoms with Crippen molar-refractivity contribution in [1.29, 1.82) is 0 Å². The van der Waals surface area contributed by atoms with Gasteiger partial charge in [0.1, 0.15) is 18.2 Å². The summed E-state index contributed by atoms with van der Waals surface area (Å²) in [4.78, 5) is 13.9. The zero-order valence-electron chi connectivity index (χ0n) is 9.65. The molecule has 1 aliphatic heterocycles. The molecule has 1 aromatic carbocycles. The molecule has 0 spiro atoms. The molecule has 0 aromatic heterocycles. The first-order chi connectivity index (χ1) is 8.16. The largest absolute Gasteiger partial charge is 0.489 e. The second-order valence-electron chi connectivity index (χ2n) is 4.77. The smallest absolute Gasteiger partial charge is 0.230 e. The highest BCUT2D eigenvalue weighted by atomic mass is 19.1. The van der Waals surface area contributed by atoms with E-state index in [0.717, 1.165) is 6.42 Å². The predicted molar refractivity (Wildman–Crippen MR) is 61.5 cm³/mol. The highest BCUT2D eigenvalue weighted by molar-refractivity contribution is 5.98. The lowest BCUT2D eigenvalue weighted by Gasteiger charge is -2.29. The van der Waals surface area contributed by atoms with Crippen LogP contribution in [0.2, 0.25) is 0 Å². The summed E-state index contributed by atoms with van der Waals surface area (Å²) < 4.78 is 18.5. The first kappa shape index (κ1) is 10.6. The Morgan fingerprint density at radius 1 is 1.53 bits per heavy atom. The van der Waals surface area contributed by atoms with Crippen LogP contribution in [0.15, 0.2) is 18.2 Å². The van der Waals surface area contributed by atoms with Crippen molar-refractivity contribution in [3.63, 3.8) is 0 Å². The number of benzene rings is 1. The van der Waals surface area contributed by atoms with E-state index in [4.69, 9.17) is 4.74 Å². The van der Waals surface area contributed by atoms with Crippen LogP contribution in [0, 0.1) is 17.7 Å². The molecule has 0 N–H and O–H groups in total. The van der Waals surface area contributed by atoms with Crippen molar-refractivity contribution < 1.29 is 13.9 Å². The zero-order chi connectivity index (χ0) is 12.0. The molecule has 1 saturated carbocycles. The van der Waals surface area contributed by atoms with Gasteiger partial charge in [-0.25, -0.2) is 4.39 Å². The van der Waals surface area contributed by atoms with Crippen molar-refractivity contribution in [2.75, 3.05) is 18.1 Å². The molecular weight excluding hydrogens is 221 g/mol. The van der Waals surface area contributed by atoms with Crippen molar-refractivity contribution in [3.8, 4) is 5.75 Å². The van der Waals surface area contributed by atoms with E-state index < -0.39 is 0 Å². The summed E-state index contributed by atoms with van der Waals surface area (Å²) in [6, 6.07) is 4.32. The number of fused-ring (bicyclic) bond motifs is 1. The van der Waals surface area contributed by atoms with Crippen molar-refractivity contribution >= 4 is 11.6 Å².